The Bertz CT molecular complexity index is 1060. The van der Waals surface area contributed by atoms with Crippen LogP contribution in [-0.2, 0) is 14.6 Å². The molecule has 4 rings (SSSR count). The topological polar surface area (TPSA) is 76.0 Å². The molecule has 0 aromatic heterocycles. The molecule has 0 N–H and O–H groups in total. The van der Waals surface area contributed by atoms with Crippen LogP contribution in [0.5, 0.6) is 5.75 Å². The molecule has 3 atom stereocenters. The maximum atomic E-state index is 13.8. The average Bonchev–Trinajstić information content (AvgIpc) is 3.13. The van der Waals surface area contributed by atoms with E-state index in [2.05, 4.69) is 4.99 Å². The van der Waals surface area contributed by atoms with E-state index in [1.165, 1.54) is 23.9 Å². The van der Waals surface area contributed by atoms with Gasteiger partial charge in [0.1, 0.15) is 11.6 Å². The predicted octanol–water partition coefficient (Wildman–Crippen LogP) is 2.89. The Morgan fingerprint density at radius 2 is 1.97 bits per heavy atom. The van der Waals surface area contributed by atoms with Crippen LogP contribution in [-0.4, -0.2) is 48.4 Å². The summed E-state index contributed by atoms with van der Waals surface area (Å²) in [5.41, 5.74) is 0.477. The Balaban J connectivity index is 1.61. The summed E-state index contributed by atoms with van der Waals surface area (Å²) < 4.78 is 43.6. The lowest BCUT2D eigenvalue weighted by atomic mass is 10.2. The Morgan fingerprint density at radius 1 is 1.21 bits per heavy atom. The first-order chi connectivity index (χ1) is 13.8. The smallest absolute Gasteiger partial charge is 0.288 e. The number of hydrogen-bond acceptors (Lipinski definition) is 5. The summed E-state index contributed by atoms with van der Waals surface area (Å²) in [5.74, 6) is -0.413. The lowest BCUT2D eigenvalue weighted by Crippen LogP contribution is -2.38. The molecule has 6 nitrogen and oxygen atoms in total. The second kappa shape index (κ2) is 7.79. The SMILES string of the molecule is C[C@H](Oc1ccccc1)C(=O)N=C1S[C@H]2CS(=O)(=O)C[C@@H]2N1c1cccc(F)c1. The number of rotatable bonds is 4. The minimum Gasteiger partial charge on any atom is -0.481 e. The zero-order valence-electron chi connectivity index (χ0n) is 15.6. The standard InChI is InChI=1S/C20H19FN2O4S2/c1-13(27-16-8-3-2-4-9-16)19(24)22-20-23(15-7-5-6-14(21)10-15)17-11-29(25,26)12-18(17)28-20/h2-10,13,17-18H,11-12H2,1H3/t13-,17-,18-/m0/s1. The number of anilines is 1. The van der Waals surface area contributed by atoms with Crippen molar-refractivity contribution in [3.63, 3.8) is 0 Å². The number of fused-ring (bicyclic) bond motifs is 1. The number of hydrogen-bond donors (Lipinski definition) is 0. The molecule has 0 bridgehead atoms. The molecule has 0 aliphatic carbocycles. The van der Waals surface area contributed by atoms with Crippen molar-refractivity contribution in [3.8, 4) is 5.75 Å². The summed E-state index contributed by atoms with van der Waals surface area (Å²) >= 11 is 1.24. The van der Waals surface area contributed by atoms with Crippen molar-refractivity contribution in [3.05, 3.63) is 60.4 Å². The van der Waals surface area contributed by atoms with Crippen LogP contribution in [0.1, 0.15) is 6.92 Å². The van der Waals surface area contributed by atoms with Gasteiger partial charge in [-0.05, 0) is 37.3 Å². The maximum absolute atomic E-state index is 13.8. The van der Waals surface area contributed by atoms with Crippen molar-refractivity contribution < 1.29 is 22.3 Å². The summed E-state index contributed by atoms with van der Waals surface area (Å²) in [6.45, 7) is 1.61. The highest BCUT2D eigenvalue weighted by Gasteiger charge is 2.49. The van der Waals surface area contributed by atoms with Crippen molar-refractivity contribution >= 4 is 38.4 Å². The number of aliphatic imine (C=N–C) groups is 1. The van der Waals surface area contributed by atoms with Gasteiger partial charge in [-0.15, -0.1) is 0 Å². The molecule has 2 aromatic rings. The van der Waals surface area contributed by atoms with Crippen LogP contribution in [0.15, 0.2) is 59.6 Å². The van der Waals surface area contributed by atoms with Crippen LogP contribution in [0.3, 0.4) is 0 Å². The Morgan fingerprint density at radius 3 is 2.69 bits per heavy atom. The van der Waals surface area contributed by atoms with Gasteiger partial charge in [0.15, 0.2) is 21.1 Å². The van der Waals surface area contributed by atoms with E-state index >= 15 is 0 Å². The minimum absolute atomic E-state index is 0.0113. The first-order valence-corrected chi connectivity index (χ1v) is 11.8. The normalized spacial score (nSPS) is 25.0. The molecule has 2 aliphatic rings. The summed E-state index contributed by atoms with van der Waals surface area (Å²) in [6.07, 6.45) is -0.816. The van der Waals surface area contributed by atoms with Crippen molar-refractivity contribution in [1.29, 1.82) is 0 Å². The number of sulfone groups is 1. The summed E-state index contributed by atoms with van der Waals surface area (Å²) in [7, 11) is -3.19. The Kier molecular flexibility index (Phi) is 5.35. The number of para-hydroxylation sites is 1. The second-order valence-corrected chi connectivity index (χ2v) is 10.3. The monoisotopic (exact) mass is 434 g/mol. The molecule has 9 heteroatoms. The lowest BCUT2D eigenvalue weighted by molar-refractivity contribution is -0.123. The van der Waals surface area contributed by atoms with Crippen LogP contribution in [0.25, 0.3) is 0 Å². The third kappa shape index (κ3) is 4.30. The van der Waals surface area contributed by atoms with Crippen LogP contribution in [0.2, 0.25) is 0 Å². The predicted molar refractivity (Wildman–Crippen MR) is 112 cm³/mol. The van der Waals surface area contributed by atoms with Crippen LogP contribution < -0.4 is 9.64 Å². The fourth-order valence-corrected chi connectivity index (χ4v) is 7.35. The number of benzene rings is 2. The van der Waals surface area contributed by atoms with E-state index < -0.39 is 27.7 Å². The van der Waals surface area contributed by atoms with Gasteiger partial charge in [-0.3, -0.25) is 4.79 Å². The van der Waals surface area contributed by atoms with Gasteiger partial charge in [-0.2, -0.15) is 4.99 Å². The van der Waals surface area contributed by atoms with Gasteiger partial charge in [0.2, 0.25) is 0 Å². The number of nitrogens with zero attached hydrogens (tertiary/aromatic N) is 2. The van der Waals surface area contributed by atoms with E-state index in [0.717, 1.165) is 0 Å². The molecule has 2 saturated heterocycles. The molecule has 0 spiro atoms. The zero-order chi connectivity index (χ0) is 20.6. The van der Waals surface area contributed by atoms with Crippen LogP contribution in [0.4, 0.5) is 10.1 Å². The molecule has 2 fully saturated rings. The van der Waals surface area contributed by atoms with E-state index in [9.17, 15) is 17.6 Å². The molecule has 1 amide bonds. The van der Waals surface area contributed by atoms with E-state index in [4.69, 9.17) is 4.74 Å². The van der Waals surface area contributed by atoms with Gasteiger partial charge >= 0.3 is 0 Å². The summed E-state index contributed by atoms with van der Waals surface area (Å²) in [6, 6.07) is 14.4. The number of ether oxygens (including phenoxy) is 1. The van der Waals surface area contributed by atoms with E-state index in [-0.39, 0.29) is 22.8 Å². The first-order valence-electron chi connectivity index (χ1n) is 9.08. The summed E-state index contributed by atoms with van der Waals surface area (Å²) in [4.78, 5) is 18.5. The lowest BCUT2D eigenvalue weighted by Gasteiger charge is -2.24. The van der Waals surface area contributed by atoms with Gasteiger partial charge in [0.05, 0.1) is 17.5 Å². The maximum Gasteiger partial charge on any atom is 0.288 e. The molecular weight excluding hydrogens is 415 g/mol. The highest BCUT2D eigenvalue weighted by atomic mass is 32.2. The van der Waals surface area contributed by atoms with Crippen molar-refractivity contribution in [2.24, 2.45) is 4.99 Å². The Hall–Kier alpha value is -2.39. The van der Waals surface area contributed by atoms with E-state index in [1.54, 1.807) is 48.2 Å². The summed E-state index contributed by atoms with van der Waals surface area (Å²) in [5, 5.41) is 0.120. The quantitative estimate of drug-likeness (QED) is 0.737. The number of amides is 1. The molecular formula is C20H19FN2O4S2. The number of amidine groups is 1. The molecule has 2 aromatic carbocycles. The fraction of sp³-hybridized carbons (Fsp3) is 0.300. The zero-order valence-corrected chi connectivity index (χ0v) is 17.2. The van der Waals surface area contributed by atoms with Crippen LogP contribution in [0, 0.1) is 5.82 Å². The highest BCUT2D eigenvalue weighted by molar-refractivity contribution is 8.16. The van der Waals surface area contributed by atoms with Gasteiger partial charge in [-0.25, -0.2) is 12.8 Å². The van der Waals surface area contributed by atoms with Crippen molar-refractivity contribution in [1.82, 2.24) is 0 Å². The Labute approximate surface area is 172 Å². The first kappa shape index (κ1) is 19.9. The number of thioether (sulfide) groups is 1. The molecule has 152 valence electrons. The highest BCUT2D eigenvalue weighted by Crippen LogP contribution is 2.41. The van der Waals surface area contributed by atoms with Gasteiger partial charge < -0.3 is 9.64 Å². The molecule has 0 unspecified atom stereocenters. The van der Waals surface area contributed by atoms with Crippen molar-refractivity contribution in [2.45, 2.75) is 24.3 Å². The largest absolute Gasteiger partial charge is 0.481 e. The van der Waals surface area contributed by atoms with E-state index in [1.807, 2.05) is 6.07 Å². The number of carbonyl (C=O) groups excluding carboxylic acids is 1. The van der Waals surface area contributed by atoms with Gasteiger partial charge in [0.25, 0.3) is 5.91 Å². The third-order valence-corrected chi connectivity index (χ3v) is 7.97. The minimum atomic E-state index is -3.19. The molecule has 2 aliphatic heterocycles. The molecule has 29 heavy (non-hydrogen) atoms. The molecule has 2 heterocycles. The third-order valence-electron chi connectivity index (χ3n) is 4.76. The number of carbonyl (C=O) groups is 1. The van der Waals surface area contributed by atoms with Crippen LogP contribution >= 0.6 is 11.8 Å². The second-order valence-electron chi connectivity index (χ2n) is 6.96. The van der Waals surface area contributed by atoms with Gasteiger partial charge in [0, 0.05) is 10.9 Å². The molecule has 0 saturated carbocycles. The van der Waals surface area contributed by atoms with Crippen molar-refractivity contribution in [2.75, 3.05) is 16.4 Å². The fourth-order valence-electron chi connectivity index (χ4n) is 3.43. The van der Waals surface area contributed by atoms with Gasteiger partial charge in [-0.1, -0.05) is 36.0 Å². The molecule has 0 radical (unpaired) electrons. The van der Waals surface area contributed by atoms with E-state index in [0.29, 0.717) is 16.6 Å². The number of halogens is 1. The average molecular weight is 435 g/mol.